The predicted octanol–water partition coefficient (Wildman–Crippen LogP) is 5.30. The number of nitrogens with two attached hydrogens (primary N) is 1. The van der Waals surface area contributed by atoms with Gasteiger partial charge in [0.2, 0.25) is 0 Å². The molecular weight excluding hydrogens is 218 g/mol. The van der Waals surface area contributed by atoms with Crippen molar-refractivity contribution in [3.05, 3.63) is 66.3 Å². The summed E-state index contributed by atoms with van der Waals surface area (Å²) in [5, 5.41) is 0. The molecule has 18 heavy (non-hydrogen) atoms. The van der Waals surface area contributed by atoms with Crippen LogP contribution < -0.4 is 5.73 Å². The molecule has 1 heteroatoms. The van der Waals surface area contributed by atoms with Gasteiger partial charge in [0.25, 0.3) is 0 Å². The number of hydrogen-bond acceptors (Lipinski definition) is 1. The summed E-state index contributed by atoms with van der Waals surface area (Å²) >= 11 is 0. The second-order valence-electron chi connectivity index (χ2n) is 3.94. The standard InChI is InChI=1S/C8H12.C7H9N.C2H6/c1-7(2)5-6-8(3)4;1-6-2-4-7(8)5-3-6;1-2/h5-6H,1,3H2,2,4H3;2-5H,8H2,1H3;1-2H3/b6-5-;;. The third-order valence-electron chi connectivity index (χ3n) is 1.73. The maximum atomic E-state index is 5.43. The van der Waals surface area contributed by atoms with Crippen LogP contribution in [0.3, 0.4) is 0 Å². The molecule has 0 saturated heterocycles. The van der Waals surface area contributed by atoms with E-state index in [4.69, 9.17) is 5.73 Å². The highest BCUT2D eigenvalue weighted by Crippen LogP contribution is 2.02. The average molecular weight is 245 g/mol. The molecule has 0 fully saturated rings. The molecule has 0 spiro atoms. The minimum atomic E-state index is 0.829. The molecule has 0 aliphatic rings. The molecule has 0 unspecified atom stereocenters. The van der Waals surface area contributed by atoms with E-state index in [1.807, 2.05) is 71.0 Å². The lowest BCUT2D eigenvalue weighted by Crippen LogP contribution is -1.81. The number of aryl methyl sites for hydroxylation is 1. The van der Waals surface area contributed by atoms with E-state index in [-0.39, 0.29) is 0 Å². The minimum absolute atomic E-state index is 0.829. The normalized spacial score (nSPS) is 8.72. The number of rotatable bonds is 2. The first kappa shape index (κ1) is 18.6. The van der Waals surface area contributed by atoms with E-state index in [1.165, 1.54) is 5.56 Å². The Morgan fingerprint density at radius 2 is 1.28 bits per heavy atom. The molecule has 0 saturated carbocycles. The molecule has 2 N–H and O–H groups in total. The number of allylic oxidation sites excluding steroid dienone is 4. The molecule has 0 aromatic heterocycles. The molecule has 0 aliphatic carbocycles. The van der Waals surface area contributed by atoms with Crippen LogP contribution in [0.5, 0.6) is 0 Å². The Morgan fingerprint density at radius 3 is 1.50 bits per heavy atom. The molecule has 0 bridgehead atoms. The SMILES string of the molecule is C=C(C)/C=C\C(=C)C.CC.Cc1ccc(N)cc1. The van der Waals surface area contributed by atoms with Crippen LogP contribution in [-0.4, -0.2) is 0 Å². The zero-order valence-electron chi connectivity index (χ0n) is 12.5. The first-order valence-corrected chi connectivity index (χ1v) is 6.23. The van der Waals surface area contributed by atoms with Crippen molar-refractivity contribution >= 4 is 5.69 Å². The molecule has 0 aliphatic heterocycles. The zero-order valence-corrected chi connectivity index (χ0v) is 12.5. The fourth-order valence-electron chi connectivity index (χ4n) is 0.851. The smallest absolute Gasteiger partial charge is 0.0314 e. The molecule has 0 atom stereocenters. The lowest BCUT2D eigenvalue weighted by molar-refractivity contribution is 1.47. The highest BCUT2D eigenvalue weighted by atomic mass is 14.5. The first-order valence-electron chi connectivity index (χ1n) is 6.23. The van der Waals surface area contributed by atoms with Crippen LogP contribution in [-0.2, 0) is 0 Å². The number of nitrogen functional groups attached to an aromatic ring is 1. The summed E-state index contributed by atoms with van der Waals surface area (Å²) in [5.74, 6) is 0. The van der Waals surface area contributed by atoms with Crippen LogP contribution in [0.15, 0.2) is 60.7 Å². The van der Waals surface area contributed by atoms with Crippen LogP contribution in [0.25, 0.3) is 0 Å². The van der Waals surface area contributed by atoms with Crippen LogP contribution in [0.4, 0.5) is 5.69 Å². The first-order chi connectivity index (χ1) is 8.41. The van der Waals surface area contributed by atoms with Crippen LogP contribution >= 0.6 is 0 Å². The van der Waals surface area contributed by atoms with Gasteiger partial charge in [0.1, 0.15) is 0 Å². The molecule has 0 amide bonds. The topological polar surface area (TPSA) is 26.0 Å². The summed E-state index contributed by atoms with van der Waals surface area (Å²) in [5.41, 5.74) is 9.63. The van der Waals surface area contributed by atoms with Crippen molar-refractivity contribution in [2.45, 2.75) is 34.6 Å². The minimum Gasteiger partial charge on any atom is -0.399 e. The fourth-order valence-corrected chi connectivity index (χ4v) is 0.851. The Morgan fingerprint density at radius 1 is 0.944 bits per heavy atom. The van der Waals surface area contributed by atoms with Gasteiger partial charge in [-0.15, -0.1) is 0 Å². The van der Waals surface area contributed by atoms with Gasteiger partial charge in [0.15, 0.2) is 0 Å². The van der Waals surface area contributed by atoms with Gasteiger partial charge in [0.05, 0.1) is 0 Å². The largest absolute Gasteiger partial charge is 0.399 e. The van der Waals surface area contributed by atoms with E-state index in [1.54, 1.807) is 0 Å². The molecular formula is C17H27N. The Balaban J connectivity index is 0. The van der Waals surface area contributed by atoms with Gasteiger partial charge in [-0.1, -0.05) is 68.0 Å². The van der Waals surface area contributed by atoms with Crippen LogP contribution in [0, 0.1) is 6.92 Å². The summed E-state index contributed by atoms with van der Waals surface area (Å²) in [6.45, 7) is 17.4. The van der Waals surface area contributed by atoms with E-state index in [9.17, 15) is 0 Å². The van der Waals surface area contributed by atoms with Crippen molar-refractivity contribution in [3.63, 3.8) is 0 Å². The van der Waals surface area contributed by atoms with E-state index in [2.05, 4.69) is 13.2 Å². The fraction of sp³-hybridized carbons (Fsp3) is 0.294. The summed E-state index contributed by atoms with van der Waals surface area (Å²) in [6, 6.07) is 7.79. The molecule has 1 aromatic rings. The predicted molar refractivity (Wildman–Crippen MR) is 85.7 cm³/mol. The van der Waals surface area contributed by atoms with Crippen molar-refractivity contribution < 1.29 is 0 Å². The molecule has 1 nitrogen and oxygen atoms in total. The van der Waals surface area contributed by atoms with E-state index >= 15 is 0 Å². The Bertz CT molecular complexity index is 332. The van der Waals surface area contributed by atoms with Gasteiger partial charge < -0.3 is 5.73 Å². The number of benzene rings is 1. The summed E-state index contributed by atoms with van der Waals surface area (Å²) in [4.78, 5) is 0. The molecule has 1 rings (SSSR count). The van der Waals surface area contributed by atoms with Gasteiger partial charge in [-0.05, 0) is 32.9 Å². The van der Waals surface area contributed by atoms with E-state index in [0.29, 0.717) is 0 Å². The van der Waals surface area contributed by atoms with Crippen molar-refractivity contribution in [3.8, 4) is 0 Å². The highest BCUT2D eigenvalue weighted by molar-refractivity contribution is 5.38. The molecule has 0 heterocycles. The summed E-state index contributed by atoms with van der Waals surface area (Å²) in [7, 11) is 0. The van der Waals surface area contributed by atoms with Crippen molar-refractivity contribution in [2.24, 2.45) is 0 Å². The molecule has 1 aromatic carbocycles. The van der Waals surface area contributed by atoms with Crippen LogP contribution in [0.1, 0.15) is 33.3 Å². The van der Waals surface area contributed by atoms with Crippen molar-refractivity contribution in [1.29, 1.82) is 0 Å². The maximum Gasteiger partial charge on any atom is 0.0314 e. The lowest BCUT2D eigenvalue weighted by atomic mass is 10.2. The van der Waals surface area contributed by atoms with E-state index < -0.39 is 0 Å². The second kappa shape index (κ2) is 11.7. The van der Waals surface area contributed by atoms with Gasteiger partial charge in [-0.2, -0.15) is 0 Å². The van der Waals surface area contributed by atoms with Crippen LogP contribution in [0.2, 0.25) is 0 Å². The van der Waals surface area contributed by atoms with Crippen molar-refractivity contribution in [1.82, 2.24) is 0 Å². The highest BCUT2D eigenvalue weighted by Gasteiger charge is 1.80. The third-order valence-corrected chi connectivity index (χ3v) is 1.73. The third kappa shape index (κ3) is 14.2. The number of hydrogen-bond donors (Lipinski definition) is 1. The summed E-state index contributed by atoms with van der Waals surface area (Å²) in [6.07, 6.45) is 3.89. The molecule has 0 radical (unpaired) electrons. The molecule has 100 valence electrons. The van der Waals surface area contributed by atoms with Gasteiger partial charge in [-0.3, -0.25) is 0 Å². The lowest BCUT2D eigenvalue weighted by Gasteiger charge is -1.90. The Kier molecular flexibility index (Phi) is 12.1. The van der Waals surface area contributed by atoms with E-state index in [0.717, 1.165) is 16.8 Å². The van der Waals surface area contributed by atoms with Crippen molar-refractivity contribution in [2.75, 3.05) is 5.73 Å². The number of anilines is 1. The Hall–Kier alpha value is -1.76. The monoisotopic (exact) mass is 245 g/mol. The van der Waals surface area contributed by atoms with Gasteiger partial charge >= 0.3 is 0 Å². The van der Waals surface area contributed by atoms with Gasteiger partial charge in [0, 0.05) is 5.69 Å². The maximum absolute atomic E-state index is 5.43. The second-order valence-corrected chi connectivity index (χ2v) is 3.94. The quantitative estimate of drug-likeness (QED) is 0.555. The van der Waals surface area contributed by atoms with Gasteiger partial charge in [-0.25, -0.2) is 0 Å². The average Bonchev–Trinajstić information content (AvgIpc) is 2.34. The zero-order chi connectivity index (χ0) is 14.6. The Labute approximate surface area is 113 Å². The summed E-state index contributed by atoms with van der Waals surface area (Å²) < 4.78 is 0.